The molecule has 2 nitrogen and oxygen atoms in total. The number of ether oxygens (including phenoxy) is 2. The van der Waals surface area contributed by atoms with Crippen LogP contribution in [0.3, 0.4) is 0 Å². The van der Waals surface area contributed by atoms with Gasteiger partial charge in [-0.15, -0.1) is 0 Å². The van der Waals surface area contributed by atoms with E-state index in [1.165, 1.54) is 0 Å². The monoisotopic (exact) mass is 334 g/mol. The van der Waals surface area contributed by atoms with Crippen LogP contribution in [0.5, 0.6) is 11.5 Å². The summed E-state index contributed by atoms with van der Waals surface area (Å²) >= 11 is 3.43. The Balaban J connectivity index is 2.36. The highest BCUT2D eigenvalue weighted by Crippen LogP contribution is 2.34. The second-order valence-electron chi connectivity index (χ2n) is 4.57. The summed E-state index contributed by atoms with van der Waals surface area (Å²) in [4.78, 5) is 0. The third kappa shape index (κ3) is 3.54. The van der Waals surface area contributed by atoms with E-state index in [1.54, 1.807) is 7.11 Å². The molecule has 0 radical (unpaired) electrons. The lowest BCUT2D eigenvalue weighted by Gasteiger charge is -2.14. The number of benzene rings is 2. The van der Waals surface area contributed by atoms with Gasteiger partial charge < -0.3 is 9.47 Å². The first-order valence-corrected chi connectivity index (χ1v) is 7.81. The normalized spacial score (nSPS) is 10.3. The minimum absolute atomic E-state index is 0.715. The molecule has 0 N–H and O–H groups in total. The lowest BCUT2D eigenvalue weighted by molar-refractivity contribution is 0.318. The molecule has 20 heavy (non-hydrogen) atoms. The summed E-state index contributed by atoms with van der Waals surface area (Å²) in [6.45, 7) is 2.79. The third-order valence-corrected chi connectivity index (χ3v) is 3.68. The van der Waals surface area contributed by atoms with Gasteiger partial charge in [-0.3, -0.25) is 0 Å². The standard InChI is InChI=1S/C17H19BrO2/c1-13-6-3-9-16(17(13)20-11-5-10-18)14-7-4-8-15(12-14)19-2/h3-4,6-9,12H,5,10-11H2,1-2H3. The lowest BCUT2D eigenvalue weighted by Crippen LogP contribution is -2.01. The van der Waals surface area contributed by atoms with Crippen molar-refractivity contribution in [3.63, 3.8) is 0 Å². The molecule has 3 heteroatoms. The van der Waals surface area contributed by atoms with Crippen molar-refractivity contribution in [3.05, 3.63) is 48.0 Å². The maximum atomic E-state index is 5.97. The number of aryl methyl sites for hydroxylation is 1. The second-order valence-corrected chi connectivity index (χ2v) is 5.37. The number of alkyl halides is 1. The Morgan fingerprint density at radius 1 is 1.10 bits per heavy atom. The van der Waals surface area contributed by atoms with Gasteiger partial charge in [0, 0.05) is 10.9 Å². The van der Waals surface area contributed by atoms with E-state index >= 15 is 0 Å². The molecule has 2 aromatic rings. The Kier molecular flexibility index (Phi) is 5.48. The van der Waals surface area contributed by atoms with Gasteiger partial charge in [-0.1, -0.05) is 46.3 Å². The Labute approximate surface area is 128 Å². The van der Waals surface area contributed by atoms with Crippen molar-refractivity contribution in [2.45, 2.75) is 13.3 Å². The van der Waals surface area contributed by atoms with Crippen molar-refractivity contribution < 1.29 is 9.47 Å². The van der Waals surface area contributed by atoms with Crippen LogP contribution in [0, 0.1) is 6.92 Å². The van der Waals surface area contributed by atoms with Crippen LogP contribution in [-0.4, -0.2) is 19.0 Å². The molecule has 0 aromatic heterocycles. The first-order chi connectivity index (χ1) is 9.76. The molecule has 0 heterocycles. The highest BCUT2D eigenvalue weighted by molar-refractivity contribution is 9.09. The summed E-state index contributed by atoms with van der Waals surface area (Å²) < 4.78 is 11.3. The SMILES string of the molecule is COc1cccc(-c2cccc(C)c2OCCCBr)c1. The van der Waals surface area contributed by atoms with Crippen molar-refractivity contribution in [2.75, 3.05) is 19.0 Å². The molecule has 0 saturated carbocycles. The third-order valence-electron chi connectivity index (χ3n) is 3.12. The number of hydrogen-bond donors (Lipinski definition) is 0. The van der Waals surface area contributed by atoms with Gasteiger partial charge in [-0.2, -0.15) is 0 Å². The quantitative estimate of drug-likeness (QED) is 0.556. The van der Waals surface area contributed by atoms with Gasteiger partial charge >= 0.3 is 0 Å². The van der Waals surface area contributed by atoms with Gasteiger partial charge in [0.05, 0.1) is 13.7 Å². The van der Waals surface area contributed by atoms with Crippen LogP contribution in [0.4, 0.5) is 0 Å². The molecular formula is C17H19BrO2. The number of halogens is 1. The minimum atomic E-state index is 0.715. The molecule has 0 amide bonds. The summed E-state index contributed by atoms with van der Waals surface area (Å²) in [5.41, 5.74) is 3.38. The van der Waals surface area contributed by atoms with Gasteiger partial charge in [-0.25, -0.2) is 0 Å². The summed E-state index contributed by atoms with van der Waals surface area (Å²) in [5.74, 6) is 1.82. The van der Waals surface area contributed by atoms with Crippen molar-refractivity contribution in [1.82, 2.24) is 0 Å². The number of para-hydroxylation sites is 1. The van der Waals surface area contributed by atoms with E-state index in [4.69, 9.17) is 9.47 Å². The number of hydrogen-bond acceptors (Lipinski definition) is 2. The summed E-state index contributed by atoms with van der Waals surface area (Å²) in [6.07, 6.45) is 0.992. The topological polar surface area (TPSA) is 18.5 Å². The summed E-state index contributed by atoms with van der Waals surface area (Å²) in [6, 6.07) is 14.3. The average molecular weight is 335 g/mol. The zero-order valence-corrected chi connectivity index (χ0v) is 13.4. The maximum Gasteiger partial charge on any atom is 0.130 e. The van der Waals surface area contributed by atoms with Crippen molar-refractivity contribution in [3.8, 4) is 22.6 Å². The van der Waals surface area contributed by atoms with Crippen molar-refractivity contribution in [2.24, 2.45) is 0 Å². The van der Waals surface area contributed by atoms with Gasteiger partial charge in [0.1, 0.15) is 11.5 Å². The van der Waals surface area contributed by atoms with Crippen LogP contribution in [0.1, 0.15) is 12.0 Å². The molecule has 0 unspecified atom stereocenters. The van der Waals surface area contributed by atoms with Crippen LogP contribution < -0.4 is 9.47 Å². The minimum Gasteiger partial charge on any atom is -0.497 e. The Bertz CT molecular complexity index is 567. The predicted octanol–water partition coefficient (Wildman–Crippen LogP) is 4.83. The van der Waals surface area contributed by atoms with Crippen LogP contribution in [0.25, 0.3) is 11.1 Å². The molecular weight excluding hydrogens is 316 g/mol. The summed E-state index contributed by atoms with van der Waals surface area (Å²) in [5, 5.41) is 0.952. The predicted molar refractivity (Wildman–Crippen MR) is 87.1 cm³/mol. The average Bonchev–Trinajstić information content (AvgIpc) is 2.49. The summed E-state index contributed by atoms with van der Waals surface area (Å²) in [7, 11) is 1.68. The van der Waals surface area contributed by atoms with Crippen LogP contribution in [-0.2, 0) is 0 Å². The molecule has 0 aliphatic rings. The molecule has 0 fully saturated rings. The van der Waals surface area contributed by atoms with E-state index in [-0.39, 0.29) is 0 Å². The van der Waals surface area contributed by atoms with E-state index in [2.05, 4.69) is 47.1 Å². The molecule has 106 valence electrons. The van der Waals surface area contributed by atoms with E-state index in [1.807, 2.05) is 18.2 Å². The zero-order chi connectivity index (χ0) is 14.4. The van der Waals surface area contributed by atoms with Crippen molar-refractivity contribution >= 4 is 15.9 Å². The van der Waals surface area contributed by atoms with Crippen LogP contribution in [0.15, 0.2) is 42.5 Å². The molecule has 0 aliphatic heterocycles. The molecule has 0 saturated heterocycles. The maximum absolute atomic E-state index is 5.97. The van der Waals surface area contributed by atoms with Crippen molar-refractivity contribution in [1.29, 1.82) is 0 Å². The van der Waals surface area contributed by atoms with E-state index in [9.17, 15) is 0 Å². The molecule has 0 atom stereocenters. The Hall–Kier alpha value is -1.48. The highest BCUT2D eigenvalue weighted by Gasteiger charge is 2.09. The molecule has 0 aliphatic carbocycles. The van der Waals surface area contributed by atoms with E-state index in [0.29, 0.717) is 6.61 Å². The van der Waals surface area contributed by atoms with Gasteiger partial charge in [0.2, 0.25) is 0 Å². The Morgan fingerprint density at radius 2 is 1.90 bits per heavy atom. The first-order valence-electron chi connectivity index (χ1n) is 6.69. The highest BCUT2D eigenvalue weighted by atomic mass is 79.9. The molecule has 2 rings (SSSR count). The van der Waals surface area contributed by atoms with Gasteiger partial charge in [0.25, 0.3) is 0 Å². The fourth-order valence-electron chi connectivity index (χ4n) is 2.09. The largest absolute Gasteiger partial charge is 0.497 e. The number of methoxy groups -OCH3 is 1. The smallest absolute Gasteiger partial charge is 0.130 e. The van der Waals surface area contributed by atoms with Crippen LogP contribution in [0.2, 0.25) is 0 Å². The second kappa shape index (κ2) is 7.34. The first kappa shape index (κ1) is 14.9. The fourth-order valence-corrected chi connectivity index (χ4v) is 2.32. The fraction of sp³-hybridized carbons (Fsp3) is 0.294. The van der Waals surface area contributed by atoms with Crippen LogP contribution >= 0.6 is 15.9 Å². The Morgan fingerprint density at radius 3 is 2.65 bits per heavy atom. The van der Waals surface area contributed by atoms with Gasteiger partial charge in [0.15, 0.2) is 0 Å². The molecule has 2 aromatic carbocycles. The number of rotatable bonds is 6. The van der Waals surface area contributed by atoms with E-state index < -0.39 is 0 Å². The molecule has 0 bridgehead atoms. The zero-order valence-electron chi connectivity index (χ0n) is 11.9. The van der Waals surface area contributed by atoms with E-state index in [0.717, 1.165) is 39.9 Å². The molecule has 0 spiro atoms. The van der Waals surface area contributed by atoms with Gasteiger partial charge in [-0.05, 0) is 36.6 Å². The lowest BCUT2D eigenvalue weighted by atomic mass is 10.0.